The predicted octanol–water partition coefficient (Wildman–Crippen LogP) is 1.85. The molecular weight excluding hydrogens is 316 g/mol. The molecule has 2 aromatic rings. The summed E-state index contributed by atoms with van der Waals surface area (Å²) in [6, 6.07) is 0. The average molecular weight is 329 g/mol. The number of rotatable bonds is 5. The molecule has 0 atom stereocenters. The van der Waals surface area contributed by atoms with Crippen molar-refractivity contribution in [3.05, 3.63) is 32.9 Å². The summed E-state index contributed by atoms with van der Waals surface area (Å²) < 4.78 is 3.61. The second-order valence-corrected chi connectivity index (χ2v) is 5.36. The summed E-state index contributed by atoms with van der Waals surface area (Å²) in [4.78, 5) is 14.3. The van der Waals surface area contributed by atoms with Gasteiger partial charge in [0.05, 0.1) is 11.3 Å². The molecule has 0 aliphatic rings. The number of nitro groups is 1. The maximum absolute atomic E-state index is 10.7. The third kappa shape index (κ3) is 3.16. The molecule has 2 rings (SSSR count). The van der Waals surface area contributed by atoms with Crippen LogP contribution in [0.25, 0.3) is 0 Å². The first kappa shape index (κ1) is 13.7. The molecule has 0 aliphatic heterocycles. The van der Waals surface area contributed by atoms with Gasteiger partial charge in [0.1, 0.15) is 17.3 Å². The Kier molecular flexibility index (Phi) is 3.93. The summed E-state index contributed by atoms with van der Waals surface area (Å²) in [5, 5.41) is 18.7. The molecule has 0 spiro atoms. The van der Waals surface area contributed by atoms with Gasteiger partial charge in [-0.25, -0.2) is 9.67 Å². The third-order valence-electron chi connectivity index (χ3n) is 2.41. The SMILES string of the molecule is CC(C)Cn1ncnc1Cn1cc(Br)c([N+](=O)[O-])n1. The molecule has 0 N–H and O–H groups in total. The van der Waals surface area contributed by atoms with Crippen LogP contribution in [0.4, 0.5) is 5.82 Å². The predicted molar refractivity (Wildman–Crippen MR) is 70.5 cm³/mol. The van der Waals surface area contributed by atoms with E-state index < -0.39 is 4.92 Å². The highest BCUT2D eigenvalue weighted by molar-refractivity contribution is 9.10. The van der Waals surface area contributed by atoms with Crippen LogP contribution in [-0.4, -0.2) is 29.5 Å². The van der Waals surface area contributed by atoms with Crippen LogP contribution in [0.1, 0.15) is 19.7 Å². The Hall–Kier alpha value is -1.77. The molecule has 0 radical (unpaired) electrons. The molecular formula is C10H13BrN6O2. The molecule has 0 bridgehead atoms. The minimum absolute atomic E-state index is 0.199. The largest absolute Gasteiger partial charge is 0.404 e. The van der Waals surface area contributed by atoms with Crippen LogP contribution >= 0.6 is 15.9 Å². The smallest absolute Gasteiger partial charge is 0.358 e. The van der Waals surface area contributed by atoms with Crippen molar-refractivity contribution in [1.29, 1.82) is 0 Å². The van der Waals surface area contributed by atoms with E-state index in [1.165, 1.54) is 11.0 Å². The molecule has 0 aliphatic carbocycles. The van der Waals surface area contributed by atoms with Gasteiger partial charge >= 0.3 is 5.82 Å². The molecule has 0 aromatic carbocycles. The second-order valence-electron chi connectivity index (χ2n) is 4.51. The lowest BCUT2D eigenvalue weighted by Gasteiger charge is -2.07. The first-order chi connectivity index (χ1) is 8.97. The van der Waals surface area contributed by atoms with Crippen LogP contribution in [0.3, 0.4) is 0 Å². The van der Waals surface area contributed by atoms with Crippen LogP contribution in [0, 0.1) is 16.0 Å². The summed E-state index contributed by atoms with van der Waals surface area (Å²) in [7, 11) is 0. The van der Waals surface area contributed by atoms with Crippen molar-refractivity contribution >= 4 is 21.7 Å². The van der Waals surface area contributed by atoms with Gasteiger partial charge in [0, 0.05) is 6.54 Å². The molecule has 102 valence electrons. The van der Waals surface area contributed by atoms with Gasteiger partial charge in [-0.3, -0.25) is 0 Å². The maximum Gasteiger partial charge on any atom is 0.404 e. The van der Waals surface area contributed by atoms with Crippen molar-refractivity contribution in [3.8, 4) is 0 Å². The highest BCUT2D eigenvalue weighted by Crippen LogP contribution is 2.22. The minimum atomic E-state index is -0.528. The molecule has 0 saturated heterocycles. The van der Waals surface area contributed by atoms with E-state index >= 15 is 0 Å². The van der Waals surface area contributed by atoms with Gasteiger partial charge in [-0.2, -0.15) is 9.78 Å². The Morgan fingerprint density at radius 1 is 1.53 bits per heavy atom. The molecule has 0 amide bonds. The fourth-order valence-electron chi connectivity index (χ4n) is 1.65. The molecule has 8 nitrogen and oxygen atoms in total. The Bertz CT molecular complexity index is 591. The molecule has 2 heterocycles. The fourth-order valence-corrected chi connectivity index (χ4v) is 2.11. The maximum atomic E-state index is 10.7. The van der Waals surface area contributed by atoms with Gasteiger partial charge in [-0.05, 0) is 26.8 Å². The Labute approximate surface area is 117 Å². The number of aromatic nitrogens is 5. The van der Waals surface area contributed by atoms with Crippen molar-refractivity contribution in [1.82, 2.24) is 24.5 Å². The van der Waals surface area contributed by atoms with Crippen molar-refractivity contribution < 1.29 is 4.92 Å². The van der Waals surface area contributed by atoms with Gasteiger partial charge < -0.3 is 10.1 Å². The lowest BCUT2D eigenvalue weighted by molar-refractivity contribution is -0.390. The van der Waals surface area contributed by atoms with E-state index in [4.69, 9.17) is 0 Å². The van der Waals surface area contributed by atoms with Crippen LogP contribution < -0.4 is 0 Å². The summed E-state index contributed by atoms with van der Waals surface area (Å²) in [5.74, 6) is 0.965. The van der Waals surface area contributed by atoms with E-state index in [1.54, 1.807) is 10.9 Å². The van der Waals surface area contributed by atoms with Crippen LogP contribution in [-0.2, 0) is 13.1 Å². The number of nitrogens with zero attached hydrogens (tertiary/aromatic N) is 6. The first-order valence-corrected chi connectivity index (χ1v) is 6.50. The molecule has 0 saturated carbocycles. The zero-order chi connectivity index (χ0) is 14.0. The number of hydrogen-bond donors (Lipinski definition) is 0. The zero-order valence-electron chi connectivity index (χ0n) is 10.5. The van der Waals surface area contributed by atoms with Crippen LogP contribution in [0.2, 0.25) is 0 Å². The third-order valence-corrected chi connectivity index (χ3v) is 2.97. The van der Waals surface area contributed by atoms with E-state index in [9.17, 15) is 10.1 Å². The Morgan fingerprint density at radius 3 is 2.84 bits per heavy atom. The Morgan fingerprint density at radius 2 is 2.26 bits per heavy atom. The average Bonchev–Trinajstić information content (AvgIpc) is 2.86. The van der Waals surface area contributed by atoms with Crippen molar-refractivity contribution in [3.63, 3.8) is 0 Å². The van der Waals surface area contributed by atoms with E-state index in [0.29, 0.717) is 16.9 Å². The Balaban J connectivity index is 2.19. The lowest BCUT2D eigenvalue weighted by atomic mass is 10.2. The van der Waals surface area contributed by atoms with Gasteiger partial charge in [-0.15, -0.1) is 0 Å². The summed E-state index contributed by atoms with van der Waals surface area (Å²) in [5.41, 5.74) is 0. The number of hydrogen-bond acceptors (Lipinski definition) is 5. The molecule has 0 fully saturated rings. The topological polar surface area (TPSA) is 91.7 Å². The van der Waals surface area contributed by atoms with E-state index in [0.717, 1.165) is 12.4 Å². The normalized spacial score (nSPS) is 11.2. The monoisotopic (exact) mass is 328 g/mol. The van der Waals surface area contributed by atoms with Crippen molar-refractivity contribution in [2.75, 3.05) is 0 Å². The molecule has 2 aromatic heterocycles. The lowest BCUT2D eigenvalue weighted by Crippen LogP contribution is -2.13. The van der Waals surface area contributed by atoms with Crippen LogP contribution in [0.15, 0.2) is 17.0 Å². The fraction of sp³-hybridized carbons (Fsp3) is 0.500. The summed E-state index contributed by atoms with van der Waals surface area (Å²) in [6.07, 6.45) is 3.04. The minimum Gasteiger partial charge on any atom is -0.358 e. The van der Waals surface area contributed by atoms with Crippen molar-refractivity contribution in [2.24, 2.45) is 5.92 Å². The van der Waals surface area contributed by atoms with E-state index in [2.05, 4.69) is 45.0 Å². The van der Waals surface area contributed by atoms with Crippen molar-refractivity contribution in [2.45, 2.75) is 26.9 Å². The zero-order valence-corrected chi connectivity index (χ0v) is 12.1. The number of halogens is 1. The van der Waals surface area contributed by atoms with Gasteiger partial charge in [-0.1, -0.05) is 13.8 Å². The highest BCUT2D eigenvalue weighted by Gasteiger charge is 2.19. The molecule has 0 unspecified atom stereocenters. The molecule has 9 heteroatoms. The van der Waals surface area contributed by atoms with Gasteiger partial charge in [0.15, 0.2) is 5.82 Å². The second kappa shape index (κ2) is 5.47. The summed E-state index contributed by atoms with van der Waals surface area (Å²) in [6.45, 7) is 5.26. The highest BCUT2D eigenvalue weighted by atomic mass is 79.9. The van der Waals surface area contributed by atoms with Gasteiger partial charge in [0.25, 0.3) is 0 Å². The van der Waals surface area contributed by atoms with E-state index in [1.807, 2.05) is 0 Å². The van der Waals surface area contributed by atoms with E-state index in [-0.39, 0.29) is 5.82 Å². The standard InChI is InChI=1S/C10H13BrN6O2/c1-7(2)3-16-9(12-6-13-16)5-15-4-8(11)10(14-15)17(18)19/h4,6-7H,3,5H2,1-2H3. The quantitative estimate of drug-likeness (QED) is 0.617. The van der Waals surface area contributed by atoms with Crippen LogP contribution in [0.5, 0.6) is 0 Å². The molecule has 19 heavy (non-hydrogen) atoms. The first-order valence-electron chi connectivity index (χ1n) is 5.71. The van der Waals surface area contributed by atoms with Gasteiger partial charge in [0.2, 0.25) is 0 Å². The summed E-state index contributed by atoms with van der Waals surface area (Å²) >= 11 is 3.11.